The fraction of sp³-hybridized carbons (Fsp3) is 0.222. The third-order valence-corrected chi connectivity index (χ3v) is 2.06. The third kappa shape index (κ3) is 3.68. The molecular formula is C9H9ClN4O2. The molecule has 0 heterocycles. The lowest BCUT2D eigenvalue weighted by atomic mass is 10.2. The van der Waals surface area contributed by atoms with Crippen molar-refractivity contribution in [3.8, 4) is 0 Å². The lowest BCUT2D eigenvalue weighted by molar-refractivity contribution is -0.137. The highest BCUT2D eigenvalue weighted by atomic mass is 35.5. The van der Waals surface area contributed by atoms with Crippen molar-refractivity contribution < 1.29 is 9.90 Å². The summed E-state index contributed by atoms with van der Waals surface area (Å²) < 4.78 is 0. The molecule has 0 aliphatic rings. The van der Waals surface area contributed by atoms with Gasteiger partial charge in [-0.2, -0.15) is 0 Å². The Kier molecular flexibility index (Phi) is 4.44. The van der Waals surface area contributed by atoms with Gasteiger partial charge in [-0.3, -0.25) is 0 Å². The van der Waals surface area contributed by atoms with Crippen molar-refractivity contribution in [1.82, 2.24) is 0 Å². The molecule has 16 heavy (non-hydrogen) atoms. The maximum absolute atomic E-state index is 10.8. The molecule has 0 radical (unpaired) electrons. The normalized spacial score (nSPS) is 11.3. The monoisotopic (exact) mass is 240 g/mol. The number of carboxylic acid groups (broad SMARTS) is 1. The lowest BCUT2D eigenvalue weighted by Crippen LogP contribution is -2.31. The summed E-state index contributed by atoms with van der Waals surface area (Å²) in [7, 11) is 0. The number of nitrogens with zero attached hydrogens (tertiary/aromatic N) is 3. The van der Waals surface area contributed by atoms with Crippen LogP contribution >= 0.6 is 11.6 Å². The molecule has 0 bridgehead atoms. The summed E-state index contributed by atoms with van der Waals surface area (Å²) >= 11 is 5.68. The first-order chi connectivity index (χ1) is 7.63. The maximum Gasteiger partial charge on any atom is 0.326 e. The Labute approximate surface area is 96.5 Å². The van der Waals surface area contributed by atoms with Crippen LogP contribution in [0.3, 0.4) is 0 Å². The van der Waals surface area contributed by atoms with Crippen LogP contribution in [0.5, 0.6) is 0 Å². The largest absolute Gasteiger partial charge is 0.480 e. The van der Waals surface area contributed by atoms with Gasteiger partial charge < -0.3 is 10.4 Å². The molecule has 84 valence electrons. The predicted octanol–water partition coefficient (Wildman–Crippen LogP) is 2.52. The minimum Gasteiger partial charge on any atom is -0.480 e. The Morgan fingerprint density at radius 1 is 1.56 bits per heavy atom. The van der Waals surface area contributed by atoms with Gasteiger partial charge in [0.05, 0.1) is 6.54 Å². The number of halogens is 1. The molecule has 1 aromatic rings. The van der Waals surface area contributed by atoms with Gasteiger partial charge in [0.1, 0.15) is 6.04 Å². The average molecular weight is 241 g/mol. The van der Waals surface area contributed by atoms with Crippen LogP contribution in [0, 0.1) is 0 Å². The van der Waals surface area contributed by atoms with Crippen LogP contribution in [0.1, 0.15) is 0 Å². The number of anilines is 1. The smallest absolute Gasteiger partial charge is 0.326 e. The highest BCUT2D eigenvalue weighted by Gasteiger charge is 2.15. The van der Waals surface area contributed by atoms with E-state index in [0.717, 1.165) is 0 Å². The number of carboxylic acids is 1. The molecule has 0 saturated heterocycles. The Morgan fingerprint density at radius 2 is 2.19 bits per heavy atom. The number of azide groups is 1. The molecule has 0 saturated carbocycles. The number of hydrogen-bond acceptors (Lipinski definition) is 3. The average Bonchev–Trinajstić information content (AvgIpc) is 2.26. The Hall–Kier alpha value is -1.91. The molecule has 1 aromatic carbocycles. The van der Waals surface area contributed by atoms with Gasteiger partial charge in [-0.1, -0.05) is 16.7 Å². The summed E-state index contributed by atoms with van der Waals surface area (Å²) in [5.41, 5.74) is 8.72. The lowest BCUT2D eigenvalue weighted by Gasteiger charge is -2.13. The molecule has 1 rings (SSSR count). The summed E-state index contributed by atoms with van der Waals surface area (Å²) in [5.74, 6) is -1.08. The second kappa shape index (κ2) is 5.85. The topological polar surface area (TPSA) is 98.1 Å². The van der Waals surface area contributed by atoms with Crippen LogP contribution in [-0.4, -0.2) is 23.7 Å². The van der Waals surface area contributed by atoms with Crippen molar-refractivity contribution in [3.63, 3.8) is 0 Å². The molecule has 7 heteroatoms. The van der Waals surface area contributed by atoms with Crippen molar-refractivity contribution in [3.05, 3.63) is 39.7 Å². The first-order valence-electron chi connectivity index (χ1n) is 4.39. The molecule has 0 amide bonds. The maximum atomic E-state index is 10.8. The van der Waals surface area contributed by atoms with Gasteiger partial charge in [0.2, 0.25) is 0 Å². The number of aliphatic carboxylic acids is 1. The van der Waals surface area contributed by atoms with E-state index >= 15 is 0 Å². The van der Waals surface area contributed by atoms with Gasteiger partial charge in [-0.05, 0) is 29.8 Å². The van der Waals surface area contributed by atoms with Gasteiger partial charge in [0, 0.05) is 15.6 Å². The summed E-state index contributed by atoms with van der Waals surface area (Å²) in [6, 6.07) is 5.62. The van der Waals surface area contributed by atoms with Crippen LogP contribution < -0.4 is 5.32 Å². The molecule has 0 aromatic heterocycles. The van der Waals surface area contributed by atoms with Crippen LogP contribution in [0.25, 0.3) is 10.4 Å². The summed E-state index contributed by atoms with van der Waals surface area (Å²) in [6.07, 6.45) is 0. The van der Waals surface area contributed by atoms with E-state index in [9.17, 15) is 4.79 Å². The van der Waals surface area contributed by atoms with Crippen LogP contribution in [0.15, 0.2) is 29.4 Å². The van der Waals surface area contributed by atoms with E-state index in [4.69, 9.17) is 22.2 Å². The molecular weight excluding hydrogens is 232 g/mol. The predicted molar refractivity (Wildman–Crippen MR) is 60.5 cm³/mol. The summed E-state index contributed by atoms with van der Waals surface area (Å²) in [6.45, 7) is -0.158. The quantitative estimate of drug-likeness (QED) is 0.470. The fourth-order valence-electron chi connectivity index (χ4n) is 1.05. The van der Waals surface area contributed by atoms with Crippen molar-refractivity contribution in [2.45, 2.75) is 6.04 Å². The molecule has 6 nitrogen and oxygen atoms in total. The van der Waals surface area contributed by atoms with Crippen molar-refractivity contribution in [2.24, 2.45) is 5.11 Å². The van der Waals surface area contributed by atoms with Crippen LogP contribution in [0.4, 0.5) is 5.69 Å². The first-order valence-corrected chi connectivity index (χ1v) is 4.77. The van der Waals surface area contributed by atoms with Crippen molar-refractivity contribution in [1.29, 1.82) is 0 Å². The van der Waals surface area contributed by atoms with Crippen molar-refractivity contribution >= 4 is 23.3 Å². The number of benzene rings is 1. The number of nitrogens with one attached hydrogen (secondary N) is 1. The van der Waals surface area contributed by atoms with E-state index in [1.807, 2.05) is 0 Å². The summed E-state index contributed by atoms with van der Waals surface area (Å²) in [5, 5.41) is 15.3. The van der Waals surface area contributed by atoms with E-state index in [-0.39, 0.29) is 6.54 Å². The molecule has 0 fully saturated rings. The van der Waals surface area contributed by atoms with Gasteiger partial charge >= 0.3 is 5.97 Å². The van der Waals surface area contributed by atoms with E-state index < -0.39 is 12.0 Å². The van der Waals surface area contributed by atoms with Gasteiger partial charge in [0.15, 0.2) is 0 Å². The first kappa shape index (κ1) is 12.2. The van der Waals surface area contributed by atoms with E-state index in [0.29, 0.717) is 10.7 Å². The molecule has 1 unspecified atom stereocenters. The Balaban J connectivity index is 2.71. The molecule has 0 aliphatic carbocycles. The fourth-order valence-corrected chi connectivity index (χ4v) is 1.18. The molecule has 1 atom stereocenters. The number of hydrogen-bond donors (Lipinski definition) is 2. The second-order valence-electron chi connectivity index (χ2n) is 2.96. The van der Waals surface area contributed by atoms with Crippen molar-refractivity contribution in [2.75, 3.05) is 11.9 Å². The third-order valence-electron chi connectivity index (χ3n) is 1.81. The van der Waals surface area contributed by atoms with Gasteiger partial charge in [-0.25, -0.2) is 4.79 Å². The zero-order chi connectivity index (χ0) is 12.0. The molecule has 0 spiro atoms. The van der Waals surface area contributed by atoms with Gasteiger partial charge in [0.25, 0.3) is 0 Å². The number of carbonyl (C=O) groups is 1. The molecule has 2 N–H and O–H groups in total. The van der Waals surface area contributed by atoms with E-state index in [2.05, 4.69) is 15.3 Å². The second-order valence-corrected chi connectivity index (χ2v) is 3.39. The Morgan fingerprint density at radius 3 is 2.69 bits per heavy atom. The summed E-state index contributed by atoms with van der Waals surface area (Å²) in [4.78, 5) is 13.3. The minimum atomic E-state index is -1.08. The standard InChI is InChI=1S/C9H9ClN4O2/c10-6-1-3-7(4-2-6)13-8(9(15)16)5-12-14-11/h1-4,8,13H,5H2,(H,15,16). The zero-order valence-electron chi connectivity index (χ0n) is 8.17. The molecule has 0 aliphatic heterocycles. The zero-order valence-corrected chi connectivity index (χ0v) is 8.92. The highest BCUT2D eigenvalue weighted by molar-refractivity contribution is 6.30. The Bertz CT molecular complexity index is 414. The number of rotatable bonds is 5. The highest BCUT2D eigenvalue weighted by Crippen LogP contribution is 2.14. The van der Waals surface area contributed by atoms with Gasteiger partial charge in [-0.15, -0.1) is 0 Å². The van der Waals surface area contributed by atoms with Crippen LogP contribution in [0.2, 0.25) is 5.02 Å². The minimum absolute atomic E-state index is 0.158. The SMILES string of the molecule is [N-]=[N+]=NCC(Nc1ccc(Cl)cc1)C(=O)O. The van der Waals surface area contributed by atoms with E-state index in [1.165, 1.54) is 0 Å². The van der Waals surface area contributed by atoms with Crippen LogP contribution in [-0.2, 0) is 4.79 Å². The van der Waals surface area contributed by atoms with E-state index in [1.54, 1.807) is 24.3 Å².